The van der Waals surface area contributed by atoms with Crippen LogP contribution >= 0.6 is 11.6 Å². The first-order valence-corrected chi connectivity index (χ1v) is 8.79. The molecule has 2 unspecified atom stereocenters. The normalized spacial score (nSPS) is 17.1. The number of amides is 1. The summed E-state index contributed by atoms with van der Waals surface area (Å²) < 4.78 is 5.20. The number of carboxylic acid groups (broad SMARTS) is 1. The van der Waals surface area contributed by atoms with Crippen molar-refractivity contribution in [1.29, 1.82) is 0 Å². The number of carbonyl (C=O) groups excluding carboxylic acids is 1. The fraction of sp³-hybridized carbons (Fsp3) is 0.316. The van der Waals surface area contributed by atoms with Crippen molar-refractivity contribution in [3.8, 4) is 5.75 Å². The molecule has 0 aromatic heterocycles. The topological polar surface area (TPSA) is 97.2 Å². The number of carboxylic acids is 1. The lowest BCUT2D eigenvalue weighted by Crippen LogP contribution is -2.43. The van der Waals surface area contributed by atoms with Crippen LogP contribution in [0.25, 0.3) is 10.8 Å². The number of halogens is 1. The predicted octanol–water partition coefficient (Wildman–Crippen LogP) is 2.69. The number of aliphatic carboxylic acids is 1. The maximum absolute atomic E-state index is 12.3. The Balaban J connectivity index is 1.63. The molecule has 7 nitrogen and oxygen atoms in total. The van der Waals surface area contributed by atoms with Gasteiger partial charge in [-0.1, -0.05) is 41.0 Å². The van der Waals surface area contributed by atoms with E-state index in [0.29, 0.717) is 11.6 Å². The van der Waals surface area contributed by atoms with E-state index in [1.807, 2.05) is 36.4 Å². The molecule has 1 amide bonds. The molecule has 1 heterocycles. The van der Waals surface area contributed by atoms with E-state index in [1.54, 1.807) is 7.11 Å². The lowest BCUT2D eigenvalue weighted by molar-refractivity contribution is -0.142. The van der Waals surface area contributed by atoms with Crippen LogP contribution in [0.2, 0.25) is 0 Å². The zero-order chi connectivity index (χ0) is 19.4. The van der Waals surface area contributed by atoms with E-state index in [-0.39, 0.29) is 18.7 Å². The fourth-order valence-electron chi connectivity index (χ4n) is 2.95. The van der Waals surface area contributed by atoms with Crippen molar-refractivity contribution in [2.45, 2.75) is 31.4 Å². The highest BCUT2D eigenvalue weighted by atomic mass is 35.5. The SMILES string of the molecule is COc1ccc2cc(CC(=O)NC(CC3CC(Cl)=NO3)C(=O)O)ccc2c1. The summed E-state index contributed by atoms with van der Waals surface area (Å²) in [6, 6.07) is 10.3. The maximum Gasteiger partial charge on any atom is 0.326 e. The van der Waals surface area contributed by atoms with Gasteiger partial charge < -0.3 is 20.0 Å². The lowest BCUT2D eigenvalue weighted by Gasteiger charge is -2.17. The second-order valence-corrected chi connectivity index (χ2v) is 6.75. The predicted molar refractivity (Wildman–Crippen MR) is 101 cm³/mol. The average Bonchev–Trinajstić information content (AvgIpc) is 3.05. The summed E-state index contributed by atoms with van der Waals surface area (Å²) >= 11 is 5.73. The van der Waals surface area contributed by atoms with Gasteiger partial charge in [-0.05, 0) is 28.5 Å². The fourth-order valence-corrected chi connectivity index (χ4v) is 3.16. The van der Waals surface area contributed by atoms with Crippen LogP contribution in [0, 0.1) is 0 Å². The van der Waals surface area contributed by atoms with Crippen molar-refractivity contribution in [1.82, 2.24) is 5.32 Å². The maximum atomic E-state index is 12.3. The number of hydrogen-bond acceptors (Lipinski definition) is 5. The van der Waals surface area contributed by atoms with E-state index in [0.717, 1.165) is 22.1 Å². The smallest absolute Gasteiger partial charge is 0.326 e. The summed E-state index contributed by atoms with van der Waals surface area (Å²) in [5.41, 5.74) is 0.790. The Labute approximate surface area is 160 Å². The van der Waals surface area contributed by atoms with Crippen LogP contribution in [0.1, 0.15) is 18.4 Å². The van der Waals surface area contributed by atoms with Crippen LogP contribution in [0.5, 0.6) is 5.75 Å². The van der Waals surface area contributed by atoms with Gasteiger partial charge in [0.05, 0.1) is 13.5 Å². The minimum absolute atomic E-state index is 0.0779. The third-order valence-corrected chi connectivity index (χ3v) is 4.53. The van der Waals surface area contributed by atoms with E-state index >= 15 is 0 Å². The minimum Gasteiger partial charge on any atom is -0.497 e. The van der Waals surface area contributed by atoms with Gasteiger partial charge in [-0.2, -0.15) is 0 Å². The molecule has 2 aromatic rings. The minimum atomic E-state index is -1.12. The first-order chi connectivity index (χ1) is 12.9. The Hall–Kier alpha value is -2.80. The van der Waals surface area contributed by atoms with Gasteiger partial charge in [0.15, 0.2) is 0 Å². The van der Waals surface area contributed by atoms with E-state index in [1.165, 1.54) is 0 Å². The highest BCUT2D eigenvalue weighted by Crippen LogP contribution is 2.22. The zero-order valence-electron chi connectivity index (χ0n) is 14.6. The lowest BCUT2D eigenvalue weighted by atomic mass is 10.0. The van der Waals surface area contributed by atoms with Gasteiger partial charge in [0, 0.05) is 12.8 Å². The van der Waals surface area contributed by atoms with Gasteiger partial charge in [0.25, 0.3) is 0 Å². The number of fused-ring (bicyclic) bond motifs is 1. The number of methoxy groups -OCH3 is 1. The quantitative estimate of drug-likeness (QED) is 0.757. The molecule has 2 N–H and O–H groups in total. The van der Waals surface area contributed by atoms with Gasteiger partial charge in [0.2, 0.25) is 5.91 Å². The van der Waals surface area contributed by atoms with Crippen LogP contribution in [0.3, 0.4) is 0 Å². The zero-order valence-corrected chi connectivity index (χ0v) is 15.4. The molecule has 2 aromatic carbocycles. The number of carbonyl (C=O) groups is 2. The molecule has 0 radical (unpaired) electrons. The number of hydrogen-bond donors (Lipinski definition) is 2. The standard InChI is InChI=1S/C19H19ClN2O5/c1-26-14-5-4-12-6-11(2-3-13(12)8-14)7-18(23)21-16(19(24)25)9-15-10-17(20)22-27-15/h2-6,8,15-16H,7,9-10H2,1H3,(H,21,23)(H,24,25). The van der Waals surface area contributed by atoms with Crippen molar-refractivity contribution in [2.24, 2.45) is 5.16 Å². The summed E-state index contributed by atoms with van der Waals surface area (Å²) in [6.45, 7) is 0. The second kappa shape index (κ2) is 8.26. The van der Waals surface area contributed by atoms with E-state index < -0.39 is 18.1 Å². The molecule has 2 atom stereocenters. The number of rotatable bonds is 7. The first-order valence-electron chi connectivity index (χ1n) is 8.41. The Kier molecular flexibility index (Phi) is 5.81. The number of nitrogens with one attached hydrogen (secondary N) is 1. The average molecular weight is 391 g/mol. The molecule has 27 heavy (non-hydrogen) atoms. The monoisotopic (exact) mass is 390 g/mol. The third kappa shape index (κ3) is 4.89. The van der Waals surface area contributed by atoms with Crippen molar-refractivity contribution in [3.05, 3.63) is 42.0 Å². The molecule has 142 valence electrons. The summed E-state index contributed by atoms with van der Waals surface area (Å²) in [5.74, 6) is -0.739. The van der Waals surface area contributed by atoms with Crippen molar-refractivity contribution in [2.75, 3.05) is 7.11 Å². The Morgan fingerprint density at radius 3 is 2.74 bits per heavy atom. The number of ether oxygens (including phenoxy) is 1. The molecule has 1 aliphatic heterocycles. The summed E-state index contributed by atoms with van der Waals surface area (Å²) in [4.78, 5) is 28.8. The highest BCUT2D eigenvalue weighted by molar-refractivity contribution is 6.65. The largest absolute Gasteiger partial charge is 0.497 e. The van der Waals surface area contributed by atoms with Crippen LogP contribution in [0.4, 0.5) is 0 Å². The molecule has 0 spiro atoms. The number of oxime groups is 1. The molecule has 0 saturated carbocycles. The van der Waals surface area contributed by atoms with Crippen molar-refractivity contribution >= 4 is 39.4 Å². The number of nitrogens with zero attached hydrogens (tertiary/aromatic N) is 1. The van der Waals surface area contributed by atoms with E-state index in [2.05, 4.69) is 10.5 Å². The van der Waals surface area contributed by atoms with Crippen LogP contribution in [-0.2, 0) is 20.8 Å². The van der Waals surface area contributed by atoms with Gasteiger partial charge in [-0.15, -0.1) is 0 Å². The van der Waals surface area contributed by atoms with Crippen LogP contribution < -0.4 is 10.1 Å². The van der Waals surface area contributed by atoms with E-state index in [4.69, 9.17) is 21.2 Å². The molecular weight excluding hydrogens is 372 g/mol. The third-order valence-electron chi connectivity index (χ3n) is 4.31. The highest BCUT2D eigenvalue weighted by Gasteiger charge is 2.29. The van der Waals surface area contributed by atoms with Crippen LogP contribution in [0.15, 0.2) is 41.6 Å². The van der Waals surface area contributed by atoms with E-state index in [9.17, 15) is 14.7 Å². The molecule has 0 fully saturated rings. The van der Waals surface area contributed by atoms with Gasteiger partial charge in [-0.25, -0.2) is 4.79 Å². The molecule has 0 saturated heterocycles. The Morgan fingerprint density at radius 1 is 1.33 bits per heavy atom. The molecule has 1 aliphatic rings. The van der Waals surface area contributed by atoms with Crippen molar-refractivity contribution < 1.29 is 24.3 Å². The molecule has 0 aliphatic carbocycles. The molecular formula is C19H19ClN2O5. The van der Waals surface area contributed by atoms with Crippen LogP contribution in [-0.4, -0.2) is 41.4 Å². The Bertz CT molecular complexity index is 899. The van der Waals surface area contributed by atoms with Crippen molar-refractivity contribution in [3.63, 3.8) is 0 Å². The molecule has 3 rings (SSSR count). The molecule has 8 heteroatoms. The number of benzene rings is 2. The van der Waals surface area contributed by atoms with Gasteiger partial charge >= 0.3 is 5.97 Å². The second-order valence-electron chi connectivity index (χ2n) is 6.32. The summed E-state index contributed by atoms with van der Waals surface area (Å²) in [6.07, 6.45) is 0.0666. The first kappa shape index (κ1) is 19.0. The van der Waals surface area contributed by atoms with Gasteiger partial charge in [0.1, 0.15) is 23.1 Å². The molecule has 0 bridgehead atoms. The Morgan fingerprint density at radius 2 is 2.07 bits per heavy atom. The summed E-state index contributed by atoms with van der Waals surface area (Å²) in [5, 5.41) is 17.7. The van der Waals surface area contributed by atoms with Gasteiger partial charge in [-0.3, -0.25) is 4.79 Å². The summed E-state index contributed by atoms with van der Waals surface area (Å²) in [7, 11) is 1.61.